The summed E-state index contributed by atoms with van der Waals surface area (Å²) in [5.41, 5.74) is 8.33. The third-order valence-electron chi connectivity index (χ3n) is 2.53. The van der Waals surface area contributed by atoms with E-state index in [0.29, 0.717) is 12.5 Å². The smallest absolute Gasteiger partial charge is 0.0136 e. The molecule has 1 aromatic rings. The molecule has 0 aromatic heterocycles. The van der Waals surface area contributed by atoms with Gasteiger partial charge in [0.1, 0.15) is 0 Å². The molecule has 0 aliphatic carbocycles. The quantitative estimate of drug-likeness (QED) is 0.724. The van der Waals surface area contributed by atoms with Crippen LogP contribution in [0.1, 0.15) is 31.7 Å². The van der Waals surface area contributed by atoms with Gasteiger partial charge in [-0.2, -0.15) is 0 Å². The average molecular weight is 189 g/mol. The molecule has 0 radical (unpaired) electrons. The highest BCUT2D eigenvalue weighted by molar-refractivity contribution is 5.24. The fourth-order valence-corrected chi connectivity index (χ4v) is 1.54. The lowest BCUT2D eigenvalue weighted by atomic mass is 9.98. The summed E-state index contributed by atoms with van der Waals surface area (Å²) in [5.74, 6) is 0.467. The van der Waals surface area contributed by atoms with Crippen molar-refractivity contribution in [3.8, 4) is 0 Å². The molecule has 76 valence electrons. The zero-order valence-corrected chi connectivity index (χ0v) is 9.03. The standard InChI is InChI=1S/C13H19N/c1-3-12(10-14)9-11(2)13-7-5-4-6-8-13/h4-9,11H,3,10,14H2,1-2H3/b12-9-. The highest BCUT2D eigenvalue weighted by Crippen LogP contribution is 2.18. The van der Waals surface area contributed by atoms with Crippen molar-refractivity contribution in [2.24, 2.45) is 5.73 Å². The molecule has 2 N–H and O–H groups in total. The van der Waals surface area contributed by atoms with Crippen LogP contribution in [0.4, 0.5) is 0 Å². The van der Waals surface area contributed by atoms with Gasteiger partial charge in [0.15, 0.2) is 0 Å². The van der Waals surface area contributed by atoms with E-state index in [1.807, 2.05) is 6.07 Å². The molecule has 1 nitrogen and oxygen atoms in total. The molecule has 0 bridgehead atoms. The Morgan fingerprint density at radius 3 is 2.50 bits per heavy atom. The molecule has 1 rings (SSSR count). The summed E-state index contributed by atoms with van der Waals surface area (Å²) in [4.78, 5) is 0. The van der Waals surface area contributed by atoms with Crippen LogP contribution in [0.5, 0.6) is 0 Å². The summed E-state index contributed by atoms with van der Waals surface area (Å²) < 4.78 is 0. The summed E-state index contributed by atoms with van der Waals surface area (Å²) >= 11 is 0. The van der Waals surface area contributed by atoms with E-state index in [4.69, 9.17) is 5.73 Å². The Balaban J connectivity index is 2.76. The Bertz CT molecular complexity index is 281. The van der Waals surface area contributed by atoms with E-state index >= 15 is 0 Å². The van der Waals surface area contributed by atoms with Gasteiger partial charge >= 0.3 is 0 Å². The van der Waals surface area contributed by atoms with Crippen LogP contribution in [0, 0.1) is 0 Å². The maximum absolute atomic E-state index is 5.64. The average Bonchev–Trinajstić information content (AvgIpc) is 2.26. The number of benzene rings is 1. The first-order chi connectivity index (χ1) is 6.77. The number of nitrogens with two attached hydrogens (primary N) is 1. The Morgan fingerprint density at radius 1 is 1.36 bits per heavy atom. The predicted octanol–water partition coefficient (Wildman–Crippen LogP) is 3.09. The van der Waals surface area contributed by atoms with Crippen molar-refractivity contribution in [3.63, 3.8) is 0 Å². The van der Waals surface area contributed by atoms with Gasteiger partial charge in [0.05, 0.1) is 0 Å². The van der Waals surface area contributed by atoms with Crippen molar-refractivity contribution in [1.82, 2.24) is 0 Å². The second-order valence-electron chi connectivity index (χ2n) is 3.58. The lowest BCUT2D eigenvalue weighted by molar-refractivity contribution is 0.909. The van der Waals surface area contributed by atoms with Gasteiger partial charge in [0.25, 0.3) is 0 Å². The van der Waals surface area contributed by atoms with Crippen LogP contribution in [0.2, 0.25) is 0 Å². The molecular formula is C13H19N. The minimum atomic E-state index is 0.467. The van der Waals surface area contributed by atoms with Crippen LogP contribution in [0.25, 0.3) is 0 Å². The normalized spacial score (nSPS) is 14.1. The largest absolute Gasteiger partial charge is 0.327 e. The van der Waals surface area contributed by atoms with Crippen molar-refractivity contribution in [1.29, 1.82) is 0 Å². The van der Waals surface area contributed by atoms with E-state index in [1.165, 1.54) is 11.1 Å². The number of allylic oxidation sites excluding steroid dienone is 1. The maximum Gasteiger partial charge on any atom is 0.0136 e. The second-order valence-corrected chi connectivity index (χ2v) is 3.58. The zero-order chi connectivity index (χ0) is 10.4. The summed E-state index contributed by atoms with van der Waals surface area (Å²) in [6.07, 6.45) is 3.32. The first kappa shape index (κ1) is 11.0. The lowest BCUT2D eigenvalue weighted by Gasteiger charge is -2.09. The minimum Gasteiger partial charge on any atom is -0.327 e. The summed E-state index contributed by atoms with van der Waals surface area (Å²) in [7, 11) is 0. The van der Waals surface area contributed by atoms with Gasteiger partial charge in [-0.1, -0.05) is 55.8 Å². The maximum atomic E-state index is 5.64. The molecule has 0 amide bonds. The Morgan fingerprint density at radius 2 is 2.00 bits per heavy atom. The van der Waals surface area contributed by atoms with E-state index in [0.717, 1.165) is 6.42 Å². The van der Waals surface area contributed by atoms with Crippen LogP contribution >= 0.6 is 0 Å². The third kappa shape index (κ3) is 3.00. The van der Waals surface area contributed by atoms with Crippen molar-refractivity contribution >= 4 is 0 Å². The van der Waals surface area contributed by atoms with Crippen LogP contribution in [0.15, 0.2) is 42.0 Å². The Hall–Kier alpha value is -1.08. The summed E-state index contributed by atoms with van der Waals surface area (Å²) in [5, 5.41) is 0. The van der Waals surface area contributed by atoms with Gasteiger partial charge in [-0.05, 0) is 17.9 Å². The molecule has 0 spiro atoms. The Labute approximate surface area is 86.6 Å². The molecule has 1 heteroatoms. The van der Waals surface area contributed by atoms with E-state index in [9.17, 15) is 0 Å². The zero-order valence-electron chi connectivity index (χ0n) is 9.03. The molecule has 0 heterocycles. The van der Waals surface area contributed by atoms with Crippen molar-refractivity contribution in [2.75, 3.05) is 6.54 Å². The number of hydrogen-bond acceptors (Lipinski definition) is 1. The minimum absolute atomic E-state index is 0.467. The van der Waals surface area contributed by atoms with Crippen LogP contribution in [-0.4, -0.2) is 6.54 Å². The van der Waals surface area contributed by atoms with Gasteiger partial charge < -0.3 is 5.73 Å². The molecule has 0 saturated carbocycles. The molecule has 0 aliphatic rings. The Kier molecular flexibility index (Phi) is 4.41. The van der Waals surface area contributed by atoms with Crippen molar-refractivity contribution in [2.45, 2.75) is 26.2 Å². The molecular weight excluding hydrogens is 170 g/mol. The van der Waals surface area contributed by atoms with Crippen LogP contribution < -0.4 is 5.73 Å². The van der Waals surface area contributed by atoms with Crippen LogP contribution in [-0.2, 0) is 0 Å². The molecule has 14 heavy (non-hydrogen) atoms. The molecule has 0 aliphatic heterocycles. The van der Waals surface area contributed by atoms with Gasteiger partial charge in [-0.15, -0.1) is 0 Å². The monoisotopic (exact) mass is 189 g/mol. The molecule has 1 atom stereocenters. The lowest BCUT2D eigenvalue weighted by Crippen LogP contribution is -2.03. The highest BCUT2D eigenvalue weighted by Gasteiger charge is 2.01. The van der Waals surface area contributed by atoms with Crippen molar-refractivity contribution < 1.29 is 0 Å². The molecule has 0 saturated heterocycles. The van der Waals surface area contributed by atoms with Gasteiger partial charge in [-0.3, -0.25) is 0 Å². The fraction of sp³-hybridized carbons (Fsp3) is 0.385. The predicted molar refractivity (Wildman–Crippen MR) is 62.3 cm³/mol. The number of rotatable bonds is 4. The van der Waals surface area contributed by atoms with Crippen molar-refractivity contribution in [3.05, 3.63) is 47.5 Å². The summed E-state index contributed by atoms with van der Waals surface area (Å²) in [6, 6.07) is 10.5. The first-order valence-electron chi connectivity index (χ1n) is 5.22. The van der Waals surface area contributed by atoms with E-state index in [2.05, 4.69) is 44.2 Å². The number of hydrogen-bond donors (Lipinski definition) is 1. The molecule has 1 aromatic carbocycles. The molecule has 1 unspecified atom stereocenters. The second kappa shape index (κ2) is 5.61. The fourth-order valence-electron chi connectivity index (χ4n) is 1.54. The van der Waals surface area contributed by atoms with Gasteiger partial charge in [0, 0.05) is 6.54 Å². The van der Waals surface area contributed by atoms with Crippen LogP contribution in [0.3, 0.4) is 0 Å². The van der Waals surface area contributed by atoms with E-state index < -0.39 is 0 Å². The topological polar surface area (TPSA) is 26.0 Å². The summed E-state index contributed by atoms with van der Waals surface area (Å²) in [6.45, 7) is 5.03. The van der Waals surface area contributed by atoms with E-state index in [1.54, 1.807) is 0 Å². The molecule has 0 fully saturated rings. The third-order valence-corrected chi connectivity index (χ3v) is 2.53. The first-order valence-corrected chi connectivity index (χ1v) is 5.22. The highest BCUT2D eigenvalue weighted by atomic mass is 14.5. The SMILES string of the molecule is CC/C(=C/C(C)c1ccccc1)CN. The van der Waals surface area contributed by atoms with E-state index in [-0.39, 0.29) is 0 Å². The van der Waals surface area contributed by atoms with Gasteiger partial charge in [0.2, 0.25) is 0 Å². The van der Waals surface area contributed by atoms with Gasteiger partial charge in [-0.25, -0.2) is 0 Å².